The number of aliphatic hydroxyl groups is 1. The van der Waals surface area contributed by atoms with Crippen LogP contribution in [0.15, 0.2) is 0 Å². The van der Waals surface area contributed by atoms with Gasteiger partial charge in [0.2, 0.25) is 11.8 Å². The minimum Gasteiger partial charge on any atom is -0.394 e. The molecule has 0 aromatic heterocycles. The number of nitrogens with one attached hydrogen (secondary N) is 1. The van der Waals surface area contributed by atoms with Crippen molar-refractivity contribution >= 4 is 23.6 Å². The van der Waals surface area contributed by atoms with Crippen molar-refractivity contribution in [2.45, 2.75) is 19.4 Å². The summed E-state index contributed by atoms with van der Waals surface area (Å²) in [6.45, 7) is 1.65. The second-order valence-corrected chi connectivity index (χ2v) is 4.03. The van der Waals surface area contributed by atoms with Crippen molar-refractivity contribution in [1.82, 2.24) is 5.32 Å². The molecule has 2 amide bonds. The Bertz CT molecular complexity index is 199. The molecule has 5 nitrogen and oxygen atoms in total. The highest BCUT2D eigenvalue weighted by molar-refractivity contribution is 7.99. The molecule has 0 aromatic rings. The topological polar surface area (TPSA) is 92.4 Å². The van der Waals surface area contributed by atoms with Gasteiger partial charge in [-0.05, 0) is 6.92 Å². The van der Waals surface area contributed by atoms with Crippen molar-refractivity contribution in [2.24, 2.45) is 5.73 Å². The zero-order valence-electron chi connectivity index (χ0n) is 8.16. The van der Waals surface area contributed by atoms with E-state index in [2.05, 4.69) is 5.32 Å². The lowest BCUT2D eigenvalue weighted by Crippen LogP contribution is -2.35. The van der Waals surface area contributed by atoms with Crippen LogP contribution in [0.4, 0.5) is 0 Å². The number of carbonyl (C=O) groups excluding carboxylic acids is 2. The Labute approximate surface area is 87.4 Å². The summed E-state index contributed by atoms with van der Waals surface area (Å²) in [6.07, 6.45) is 0.336. The van der Waals surface area contributed by atoms with Gasteiger partial charge >= 0.3 is 0 Å². The molecule has 0 bridgehead atoms. The zero-order valence-corrected chi connectivity index (χ0v) is 8.97. The van der Waals surface area contributed by atoms with Crippen molar-refractivity contribution in [3.63, 3.8) is 0 Å². The minimum atomic E-state index is -0.376. The maximum atomic E-state index is 11.1. The van der Waals surface area contributed by atoms with Crippen LogP contribution in [0.5, 0.6) is 0 Å². The summed E-state index contributed by atoms with van der Waals surface area (Å²) < 4.78 is 0. The maximum Gasteiger partial charge on any atom is 0.227 e. The third kappa shape index (κ3) is 7.88. The fourth-order valence-electron chi connectivity index (χ4n) is 0.730. The Morgan fingerprint density at radius 2 is 2.21 bits per heavy atom. The van der Waals surface area contributed by atoms with Crippen molar-refractivity contribution in [2.75, 3.05) is 18.1 Å². The predicted molar refractivity (Wildman–Crippen MR) is 55.8 cm³/mol. The average molecular weight is 220 g/mol. The van der Waals surface area contributed by atoms with E-state index in [1.54, 1.807) is 6.92 Å². The Balaban J connectivity index is 3.40. The minimum absolute atomic E-state index is 0.0693. The van der Waals surface area contributed by atoms with Crippen LogP contribution in [0.1, 0.15) is 13.3 Å². The second-order valence-electron chi connectivity index (χ2n) is 2.92. The fourth-order valence-corrected chi connectivity index (χ4v) is 1.41. The lowest BCUT2D eigenvalue weighted by atomic mass is 10.3. The van der Waals surface area contributed by atoms with Gasteiger partial charge in [-0.2, -0.15) is 11.8 Å². The molecule has 4 N–H and O–H groups in total. The Hall–Kier alpha value is -0.750. The molecule has 0 heterocycles. The summed E-state index contributed by atoms with van der Waals surface area (Å²) in [7, 11) is 0. The lowest BCUT2D eigenvalue weighted by molar-refractivity contribution is -0.121. The standard InChI is InChI=1S/C8H16N2O3S/c1-6(4-11)10-8(13)2-3-14-5-7(9)12/h6,11H,2-5H2,1H3,(H2,9,12)(H,10,13)/t6-/m0/s1. The van der Waals surface area contributed by atoms with Gasteiger partial charge in [0.25, 0.3) is 0 Å². The van der Waals surface area contributed by atoms with Gasteiger partial charge in [0, 0.05) is 18.2 Å². The molecule has 0 aliphatic rings. The largest absolute Gasteiger partial charge is 0.394 e. The summed E-state index contributed by atoms with van der Waals surface area (Å²) in [4.78, 5) is 21.4. The van der Waals surface area contributed by atoms with Crippen LogP contribution in [-0.2, 0) is 9.59 Å². The number of primary amides is 1. The van der Waals surface area contributed by atoms with E-state index >= 15 is 0 Å². The summed E-state index contributed by atoms with van der Waals surface area (Å²) >= 11 is 1.33. The molecule has 0 fully saturated rings. The highest BCUT2D eigenvalue weighted by Gasteiger charge is 2.05. The maximum absolute atomic E-state index is 11.1. The first-order valence-electron chi connectivity index (χ1n) is 4.32. The zero-order chi connectivity index (χ0) is 11.0. The van der Waals surface area contributed by atoms with Crippen LogP contribution in [0.2, 0.25) is 0 Å². The molecule has 0 aliphatic heterocycles. The number of aliphatic hydroxyl groups excluding tert-OH is 1. The number of nitrogens with two attached hydrogens (primary N) is 1. The van der Waals surface area contributed by atoms with Gasteiger partial charge in [-0.1, -0.05) is 0 Å². The molecule has 0 aromatic carbocycles. The third-order valence-electron chi connectivity index (χ3n) is 1.40. The summed E-state index contributed by atoms with van der Waals surface area (Å²) in [5, 5.41) is 11.2. The van der Waals surface area contributed by atoms with Crippen molar-refractivity contribution in [1.29, 1.82) is 0 Å². The number of thioether (sulfide) groups is 1. The number of hydrogen-bond acceptors (Lipinski definition) is 4. The highest BCUT2D eigenvalue weighted by Crippen LogP contribution is 2.01. The van der Waals surface area contributed by atoms with Crippen LogP contribution in [0, 0.1) is 0 Å². The van der Waals surface area contributed by atoms with E-state index < -0.39 is 0 Å². The van der Waals surface area contributed by atoms with E-state index in [0.717, 1.165) is 0 Å². The van der Waals surface area contributed by atoms with Gasteiger partial charge in [-0.25, -0.2) is 0 Å². The normalized spacial score (nSPS) is 12.1. The van der Waals surface area contributed by atoms with Gasteiger partial charge in [-0.15, -0.1) is 0 Å². The van der Waals surface area contributed by atoms with E-state index in [0.29, 0.717) is 12.2 Å². The number of carbonyl (C=O) groups is 2. The van der Waals surface area contributed by atoms with E-state index in [1.807, 2.05) is 0 Å². The van der Waals surface area contributed by atoms with E-state index in [4.69, 9.17) is 10.8 Å². The Morgan fingerprint density at radius 3 is 2.71 bits per heavy atom. The molecule has 0 spiro atoms. The van der Waals surface area contributed by atoms with Crippen LogP contribution in [0.3, 0.4) is 0 Å². The molecule has 1 atom stereocenters. The summed E-state index contributed by atoms with van der Waals surface area (Å²) in [5.41, 5.74) is 4.92. The van der Waals surface area contributed by atoms with Gasteiger partial charge in [0.15, 0.2) is 0 Å². The van der Waals surface area contributed by atoms with Crippen molar-refractivity contribution < 1.29 is 14.7 Å². The average Bonchev–Trinajstić information content (AvgIpc) is 2.12. The Morgan fingerprint density at radius 1 is 1.57 bits per heavy atom. The molecule has 0 aliphatic carbocycles. The van der Waals surface area contributed by atoms with Crippen molar-refractivity contribution in [3.8, 4) is 0 Å². The molecule has 6 heteroatoms. The van der Waals surface area contributed by atoms with Gasteiger partial charge in [0.1, 0.15) is 0 Å². The number of hydrogen-bond donors (Lipinski definition) is 3. The molecular formula is C8H16N2O3S. The Kier molecular flexibility index (Phi) is 7.23. The highest BCUT2D eigenvalue weighted by atomic mass is 32.2. The second kappa shape index (κ2) is 7.64. The number of rotatable bonds is 7. The summed E-state index contributed by atoms with van der Waals surface area (Å²) in [6, 6.07) is -0.219. The fraction of sp³-hybridized carbons (Fsp3) is 0.750. The molecule has 82 valence electrons. The van der Waals surface area contributed by atoms with Crippen molar-refractivity contribution in [3.05, 3.63) is 0 Å². The van der Waals surface area contributed by atoms with Crippen LogP contribution < -0.4 is 11.1 Å². The smallest absolute Gasteiger partial charge is 0.227 e. The first kappa shape index (κ1) is 13.2. The molecule has 0 rings (SSSR count). The van der Waals surface area contributed by atoms with E-state index in [9.17, 15) is 9.59 Å². The quantitative estimate of drug-likeness (QED) is 0.484. The first-order chi connectivity index (χ1) is 6.56. The molecule has 0 saturated carbocycles. The predicted octanol–water partition coefficient (Wildman–Crippen LogP) is -0.908. The molecule has 0 radical (unpaired) electrons. The lowest BCUT2D eigenvalue weighted by Gasteiger charge is -2.09. The molecule has 0 saturated heterocycles. The van der Waals surface area contributed by atoms with Crippen LogP contribution >= 0.6 is 11.8 Å². The SMILES string of the molecule is C[C@@H](CO)NC(=O)CCSCC(N)=O. The number of amides is 2. The third-order valence-corrected chi connectivity index (χ3v) is 2.38. The van der Waals surface area contributed by atoms with Gasteiger partial charge in [-0.3, -0.25) is 9.59 Å². The van der Waals surface area contributed by atoms with E-state index in [-0.39, 0.29) is 30.2 Å². The molecule has 14 heavy (non-hydrogen) atoms. The first-order valence-corrected chi connectivity index (χ1v) is 5.48. The molecule has 0 unspecified atom stereocenters. The van der Waals surface area contributed by atoms with E-state index in [1.165, 1.54) is 11.8 Å². The monoisotopic (exact) mass is 220 g/mol. The van der Waals surface area contributed by atoms with Gasteiger partial charge < -0.3 is 16.2 Å². The summed E-state index contributed by atoms with van der Waals surface area (Å²) in [5.74, 6) is 0.304. The molecular weight excluding hydrogens is 204 g/mol. The van der Waals surface area contributed by atoms with Crippen LogP contribution in [0.25, 0.3) is 0 Å². The van der Waals surface area contributed by atoms with Gasteiger partial charge in [0.05, 0.1) is 12.4 Å². The van der Waals surface area contributed by atoms with Crippen LogP contribution in [-0.4, -0.2) is 41.1 Å².